The Kier molecular flexibility index (Phi) is 4.69. The van der Waals surface area contributed by atoms with E-state index in [1.807, 2.05) is 13.0 Å². The zero-order valence-electron chi connectivity index (χ0n) is 13.7. The largest absolute Gasteiger partial charge is 0.198 e. The fourth-order valence-electron chi connectivity index (χ4n) is 3.52. The van der Waals surface area contributed by atoms with Crippen LogP contribution >= 0.6 is 11.6 Å². The van der Waals surface area contributed by atoms with Gasteiger partial charge >= 0.3 is 0 Å². The van der Waals surface area contributed by atoms with Crippen LogP contribution in [0, 0.1) is 35.0 Å². The Hall–Kier alpha value is -1.00. The minimum Gasteiger partial charge on any atom is -0.198 e. The van der Waals surface area contributed by atoms with Crippen LogP contribution in [0.25, 0.3) is 0 Å². The molecule has 1 aromatic carbocycles. The number of aryl methyl sites for hydroxylation is 1. The van der Waals surface area contributed by atoms with Crippen molar-refractivity contribution in [1.82, 2.24) is 0 Å². The van der Waals surface area contributed by atoms with Crippen molar-refractivity contribution in [2.75, 3.05) is 0 Å². The summed E-state index contributed by atoms with van der Waals surface area (Å²) in [5.74, 6) is 0.729. The lowest BCUT2D eigenvalue weighted by atomic mass is 9.63. The zero-order chi connectivity index (χ0) is 15.7. The van der Waals surface area contributed by atoms with E-state index in [9.17, 15) is 5.26 Å². The van der Waals surface area contributed by atoms with Gasteiger partial charge in [0.15, 0.2) is 0 Å². The fourth-order valence-corrected chi connectivity index (χ4v) is 3.83. The van der Waals surface area contributed by atoms with Crippen molar-refractivity contribution in [2.24, 2.45) is 16.7 Å². The molecule has 1 saturated carbocycles. The van der Waals surface area contributed by atoms with Crippen LogP contribution in [0.1, 0.15) is 57.6 Å². The molecular weight excluding hydrogens is 278 g/mol. The molecule has 0 atom stereocenters. The molecular formula is C19H26ClN. The average Bonchev–Trinajstić information content (AvgIpc) is 2.41. The first kappa shape index (κ1) is 16.4. The van der Waals surface area contributed by atoms with Crippen LogP contribution in [0.15, 0.2) is 18.2 Å². The van der Waals surface area contributed by atoms with E-state index in [2.05, 4.69) is 39.0 Å². The van der Waals surface area contributed by atoms with E-state index < -0.39 is 0 Å². The van der Waals surface area contributed by atoms with E-state index in [0.717, 1.165) is 48.6 Å². The third kappa shape index (κ3) is 3.80. The van der Waals surface area contributed by atoms with Gasteiger partial charge in [0, 0.05) is 5.02 Å². The highest BCUT2D eigenvalue weighted by atomic mass is 35.5. The van der Waals surface area contributed by atoms with E-state index in [1.165, 1.54) is 5.56 Å². The molecule has 0 amide bonds. The summed E-state index contributed by atoms with van der Waals surface area (Å²) in [7, 11) is 0. The third-order valence-corrected chi connectivity index (χ3v) is 5.49. The smallest absolute Gasteiger partial charge is 0.0693 e. The summed E-state index contributed by atoms with van der Waals surface area (Å²) in [6.45, 7) is 8.99. The Morgan fingerprint density at radius 2 is 1.90 bits per heavy atom. The van der Waals surface area contributed by atoms with E-state index in [0.29, 0.717) is 5.41 Å². The van der Waals surface area contributed by atoms with Crippen LogP contribution in [0.5, 0.6) is 0 Å². The normalized spacial score (nSPS) is 26.4. The molecule has 2 rings (SSSR count). The molecule has 0 N–H and O–H groups in total. The minimum absolute atomic E-state index is 0.222. The number of nitriles is 1. The molecule has 0 radical (unpaired) electrons. The van der Waals surface area contributed by atoms with Crippen molar-refractivity contribution in [3.63, 3.8) is 0 Å². The van der Waals surface area contributed by atoms with E-state index in [1.54, 1.807) is 0 Å². The maximum Gasteiger partial charge on any atom is 0.0693 e. The van der Waals surface area contributed by atoms with Crippen molar-refractivity contribution in [3.8, 4) is 6.07 Å². The maximum absolute atomic E-state index is 9.74. The van der Waals surface area contributed by atoms with Gasteiger partial charge in [-0.2, -0.15) is 5.26 Å². The molecule has 2 heteroatoms. The van der Waals surface area contributed by atoms with Crippen molar-refractivity contribution in [2.45, 2.75) is 59.8 Å². The summed E-state index contributed by atoms with van der Waals surface area (Å²) in [6, 6.07) is 8.80. The highest BCUT2D eigenvalue weighted by Crippen LogP contribution is 2.47. The number of hydrogen-bond acceptors (Lipinski definition) is 1. The Morgan fingerprint density at radius 3 is 2.38 bits per heavy atom. The summed E-state index contributed by atoms with van der Waals surface area (Å²) in [5, 5.41) is 10.6. The van der Waals surface area contributed by atoms with Crippen LogP contribution in [0.4, 0.5) is 0 Å². The first-order valence-electron chi connectivity index (χ1n) is 7.92. The highest BCUT2D eigenvalue weighted by molar-refractivity contribution is 6.31. The molecule has 1 aliphatic rings. The van der Waals surface area contributed by atoms with Gasteiger partial charge in [0.2, 0.25) is 0 Å². The van der Waals surface area contributed by atoms with Crippen molar-refractivity contribution in [3.05, 3.63) is 34.3 Å². The molecule has 21 heavy (non-hydrogen) atoms. The minimum atomic E-state index is -0.222. The predicted molar refractivity (Wildman–Crippen MR) is 89.4 cm³/mol. The summed E-state index contributed by atoms with van der Waals surface area (Å²) in [4.78, 5) is 0. The van der Waals surface area contributed by atoms with Crippen LogP contribution in [0.3, 0.4) is 0 Å². The predicted octanol–water partition coefficient (Wildman–Crippen LogP) is 5.94. The van der Waals surface area contributed by atoms with Gasteiger partial charge in [0.25, 0.3) is 0 Å². The SMILES string of the molecule is Cc1ccc(CC2(C#N)CCC(C(C)(C)C)CC2)c(Cl)c1. The summed E-state index contributed by atoms with van der Waals surface area (Å²) < 4.78 is 0. The Labute approximate surface area is 134 Å². The van der Waals surface area contributed by atoms with Gasteiger partial charge < -0.3 is 0 Å². The molecule has 1 fully saturated rings. The molecule has 1 aliphatic carbocycles. The third-order valence-electron chi connectivity index (χ3n) is 5.14. The quantitative estimate of drug-likeness (QED) is 0.663. The molecule has 0 aliphatic heterocycles. The van der Waals surface area contributed by atoms with Gasteiger partial charge in [-0.15, -0.1) is 0 Å². The van der Waals surface area contributed by atoms with Gasteiger partial charge in [0.1, 0.15) is 0 Å². The van der Waals surface area contributed by atoms with Gasteiger partial charge in [-0.05, 0) is 67.6 Å². The number of halogens is 1. The summed E-state index contributed by atoms with van der Waals surface area (Å²) in [6.07, 6.45) is 5.09. The Morgan fingerprint density at radius 1 is 1.29 bits per heavy atom. The van der Waals surface area contributed by atoms with Crippen molar-refractivity contribution >= 4 is 11.6 Å². The number of benzene rings is 1. The second-order valence-corrected chi connectivity index (χ2v) is 8.21. The van der Waals surface area contributed by atoms with Gasteiger partial charge in [-0.25, -0.2) is 0 Å². The molecule has 0 spiro atoms. The standard InChI is InChI=1S/C19H26ClN/c1-14-5-6-15(17(20)11-14)12-19(13-21)9-7-16(8-10-19)18(2,3)4/h5-6,11,16H,7-10,12H2,1-4H3. The summed E-state index contributed by atoms with van der Waals surface area (Å²) in [5.41, 5.74) is 2.42. The molecule has 0 unspecified atom stereocenters. The molecule has 0 saturated heterocycles. The molecule has 1 nitrogen and oxygen atoms in total. The first-order valence-corrected chi connectivity index (χ1v) is 8.30. The van der Waals surface area contributed by atoms with Crippen LogP contribution < -0.4 is 0 Å². The highest BCUT2D eigenvalue weighted by Gasteiger charge is 2.39. The second kappa shape index (κ2) is 6.01. The average molecular weight is 304 g/mol. The van der Waals surface area contributed by atoms with Gasteiger partial charge in [-0.1, -0.05) is 44.5 Å². The molecule has 1 aromatic rings. The number of nitrogens with zero attached hydrogens (tertiary/aromatic N) is 1. The zero-order valence-corrected chi connectivity index (χ0v) is 14.4. The lowest BCUT2D eigenvalue weighted by Gasteiger charge is -2.40. The first-order chi connectivity index (χ1) is 9.76. The van der Waals surface area contributed by atoms with Crippen molar-refractivity contribution in [1.29, 1.82) is 5.26 Å². The molecule has 0 heterocycles. The molecule has 0 bridgehead atoms. The lowest BCUT2D eigenvalue weighted by molar-refractivity contribution is 0.120. The molecule has 0 aromatic heterocycles. The van der Waals surface area contributed by atoms with Gasteiger partial charge in [0.05, 0.1) is 11.5 Å². The van der Waals surface area contributed by atoms with Crippen LogP contribution in [-0.2, 0) is 6.42 Å². The summed E-state index contributed by atoms with van der Waals surface area (Å²) >= 11 is 6.36. The Bertz CT molecular complexity index is 540. The van der Waals surface area contributed by atoms with Crippen LogP contribution in [0.2, 0.25) is 5.02 Å². The van der Waals surface area contributed by atoms with E-state index in [-0.39, 0.29) is 5.41 Å². The Balaban J connectivity index is 2.12. The molecule has 114 valence electrons. The monoisotopic (exact) mass is 303 g/mol. The number of rotatable bonds is 2. The number of hydrogen-bond donors (Lipinski definition) is 0. The van der Waals surface area contributed by atoms with Crippen LogP contribution in [-0.4, -0.2) is 0 Å². The van der Waals surface area contributed by atoms with E-state index in [4.69, 9.17) is 11.6 Å². The fraction of sp³-hybridized carbons (Fsp3) is 0.632. The maximum atomic E-state index is 9.74. The second-order valence-electron chi connectivity index (χ2n) is 7.80. The van der Waals surface area contributed by atoms with Crippen molar-refractivity contribution < 1.29 is 0 Å². The lowest BCUT2D eigenvalue weighted by Crippen LogP contribution is -2.33. The van der Waals surface area contributed by atoms with E-state index >= 15 is 0 Å². The van der Waals surface area contributed by atoms with Gasteiger partial charge in [-0.3, -0.25) is 0 Å². The topological polar surface area (TPSA) is 23.8 Å².